The van der Waals surface area contributed by atoms with Gasteiger partial charge in [-0.25, -0.2) is 0 Å². The van der Waals surface area contributed by atoms with Crippen LogP contribution in [-0.4, -0.2) is 31.5 Å². The molecule has 3 unspecified atom stereocenters. The van der Waals surface area contributed by atoms with Gasteiger partial charge >= 0.3 is 0 Å². The van der Waals surface area contributed by atoms with Crippen LogP contribution >= 0.6 is 0 Å². The first-order valence-electron chi connectivity index (χ1n) is 6.56. The van der Waals surface area contributed by atoms with E-state index in [-0.39, 0.29) is 12.1 Å². The maximum atomic E-state index is 6.12. The molecule has 3 heteroatoms. The van der Waals surface area contributed by atoms with Gasteiger partial charge in [-0.1, -0.05) is 13.8 Å². The van der Waals surface area contributed by atoms with Gasteiger partial charge in [0, 0.05) is 12.6 Å². The van der Waals surface area contributed by atoms with Crippen LogP contribution in [-0.2, 0) is 9.47 Å². The fourth-order valence-electron chi connectivity index (χ4n) is 2.73. The van der Waals surface area contributed by atoms with Crippen LogP contribution in [0.1, 0.15) is 46.0 Å². The van der Waals surface area contributed by atoms with Crippen molar-refractivity contribution >= 4 is 0 Å². The molecule has 2 N–H and O–H groups in total. The van der Waals surface area contributed by atoms with Crippen molar-refractivity contribution in [3.05, 3.63) is 0 Å². The number of ether oxygens (including phenoxy) is 2. The van der Waals surface area contributed by atoms with Crippen molar-refractivity contribution in [2.45, 2.75) is 64.2 Å². The molecule has 1 heterocycles. The van der Waals surface area contributed by atoms with E-state index in [0.717, 1.165) is 32.5 Å². The van der Waals surface area contributed by atoms with E-state index in [9.17, 15) is 0 Å². The minimum atomic E-state index is 0.217. The van der Waals surface area contributed by atoms with E-state index in [1.54, 1.807) is 0 Å². The van der Waals surface area contributed by atoms with Crippen LogP contribution in [0.25, 0.3) is 0 Å². The van der Waals surface area contributed by atoms with Gasteiger partial charge < -0.3 is 15.2 Å². The number of nitrogens with two attached hydrogens (primary N) is 1. The zero-order chi connectivity index (χ0) is 11.6. The lowest BCUT2D eigenvalue weighted by Crippen LogP contribution is -2.45. The molecule has 3 atom stereocenters. The molecule has 94 valence electrons. The molecule has 2 rings (SSSR count). The van der Waals surface area contributed by atoms with Crippen molar-refractivity contribution < 1.29 is 9.47 Å². The number of hydrogen-bond donors (Lipinski definition) is 1. The Kier molecular flexibility index (Phi) is 3.88. The van der Waals surface area contributed by atoms with Gasteiger partial charge in [-0.3, -0.25) is 0 Å². The highest BCUT2D eigenvalue weighted by molar-refractivity contribution is 4.88. The molecular formula is C13H25NO2. The SMILES string of the molecule is CC1(C)CCC(N)C(OCC2CCCO2)C1. The molecule has 0 aromatic rings. The summed E-state index contributed by atoms with van der Waals surface area (Å²) >= 11 is 0. The van der Waals surface area contributed by atoms with Gasteiger partial charge in [0.05, 0.1) is 18.8 Å². The van der Waals surface area contributed by atoms with Crippen LogP contribution in [0.15, 0.2) is 0 Å². The van der Waals surface area contributed by atoms with E-state index >= 15 is 0 Å². The lowest BCUT2D eigenvalue weighted by atomic mass is 9.74. The Hall–Kier alpha value is -0.120. The van der Waals surface area contributed by atoms with E-state index in [1.165, 1.54) is 12.8 Å². The Labute approximate surface area is 98.7 Å². The number of rotatable bonds is 3. The average molecular weight is 227 g/mol. The van der Waals surface area contributed by atoms with Gasteiger partial charge in [-0.15, -0.1) is 0 Å². The summed E-state index contributed by atoms with van der Waals surface area (Å²) in [6, 6.07) is 0.217. The maximum absolute atomic E-state index is 6.12. The van der Waals surface area contributed by atoms with Crippen LogP contribution in [0.5, 0.6) is 0 Å². The molecule has 0 aromatic carbocycles. The van der Waals surface area contributed by atoms with Crippen molar-refractivity contribution in [1.29, 1.82) is 0 Å². The number of hydrogen-bond acceptors (Lipinski definition) is 3. The Morgan fingerprint density at radius 2 is 2.19 bits per heavy atom. The first kappa shape index (κ1) is 12.3. The van der Waals surface area contributed by atoms with Crippen LogP contribution < -0.4 is 5.73 Å². The quantitative estimate of drug-likeness (QED) is 0.803. The van der Waals surface area contributed by atoms with Crippen LogP contribution in [0.2, 0.25) is 0 Å². The molecule has 2 fully saturated rings. The molecule has 0 bridgehead atoms. The Balaban J connectivity index is 1.78. The third-order valence-electron chi connectivity index (χ3n) is 3.91. The van der Waals surface area contributed by atoms with Crippen molar-refractivity contribution in [3.63, 3.8) is 0 Å². The van der Waals surface area contributed by atoms with Crippen molar-refractivity contribution in [3.8, 4) is 0 Å². The van der Waals surface area contributed by atoms with Crippen molar-refractivity contribution in [2.24, 2.45) is 11.1 Å². The third kappa shape index (κ3) is 3.19. The summed E-state index contributed by atoms with van der Waals surface area (Å²) in [4.78, 5) is 0. The summed E-state index contributed by atoms with van der Waals surface area (Å²) in [6.07, 6.45) is 6.25. The zero-order valence-corrected chi connectivity index (χ0v) is 10.6. The summed E-state index contributed by atoms with van der Waals surface area (Å²) < 4.78 is 11.5. The highest BCUT2D eigenvalue weighted by Crippen LogP contribution is 2.36. The predicted molar refractivity (Wildman–Crippen MR) is 64.3 cm³/mol. The molecule has 0 spiro atoms. The zero-order valence-electron chi connectivity index (χ0n) is 10.6. The molecule has 0 radical (unpaired) electrons. The first-order chi connectivity index (χ1) is 7.57. The third-order valence-corrected chi connectivity index (χ3v) is 3.91. The van der Waals surface area contributed by atoms with Crippen LogP contribution in [0.4, 0.5) is 0 Å². The van der Waals surface area contributed by atoms with E-state index in [0.29, 0.717) is 11.5 Å². The molecular weight excluding hydrogens is 202 g/mol. The van der Waals surface area contributed by atoms with Gasteiger partial charge in [0.25, 0.3) is 0 Å². The summed E-state index contributed by atoms with van der Waals surface area (Å²) in [5, 5.41) is 0. The van der Waals surface area contributed by atoms with E-state index in [2.05, 4.69) is 13.8 Å². The van der Waals surface area contributed by atoms with E-state index in [1.807, 2.05) is 0 Å². The molecule has 3 nitrogen and oxygen atoms in total. The summed E-state index contributed by atoms with van der Waals surface area (Å²) in [5.74, 6) is 0. The molecule has 1 saturated heterocycles. The molecule has 1 aliphatic heterocycles. The lowest BCUT2D eigenvalue weighted by molar-refractivity contribution is -0.0588. The Morgan fingerprint density at radius 1 is 1.38 bits per heavy atom. The molecule has 0 aromatic heterocycles. The standard InChI is InChI=1S/C13H25NO2/c1-13(2)6-5-11(14)12(8-13)16-9-10-4-3-7-15-10/h10-12H,3-9,14H2,1-2H3. The van der Waals surface area contributed by atoms with Gasteiger partial charge in [-0.05, 0) is 37.5 Å². The summed E-state index contributed by atoms with van der Waals surface area (Å²) in [5.41, 5.74) is 6.51. The smallest absolute Gasteiger partial charge is 0.0809 e. The minimum Gasteiger partial charge on any atom is -0.376 e. The largest absolute Gasteiger partial charge is 0.376 e. The highest BCUT2D eigenvalue weighted by atomic mass is 16.5. The monoisotopic (exact) mass is 227 g/mol. The van der Waals surface area contributed by atoms with Gasteiger partial charge in [0.2, 0.25) is 0 Å². The predicted octanol–water partition coefficient (Wildman–Crippen LogP) is 2.09. The van der Waals surface area contributed by atoms with E-state index < -0.39 is 0 Å². The Bertz CT molecular complexity index is 224. The topological polar surface area (TPSA) is 44.5 Å². The molecule has 1 saturated carbocycles. The van der Waals surface area contributed by atoms with Crippen molar-refractivity contribution in [2.75, 3.05) is 13.2 Å². The molecule has 0 amide bonds. The normalized spacial score (nSPS) is 38.8. The lowest BCUT2D eigenvalue weighted by Gasteiger charge is -2.39. The maximum Gasteiger partial charge on any atom is 0.0809 e. The summed E-state index contributed by atoms with van der Waals surface area (Å²) in [6.45, 7) is 6.24. The average Bonchev–Trinajstić information content (AvgIpc) is 2.72. The second-order valence-corrected chi connectivity index (χ2v) is 6.08. The molecule has 2 aliphatic rings. The van der Waals surface area contributed by atoms with Crippen LogP contribution in [0.3, 0.4) is 0 Å². The van der Waals surface area contributed by atoms with Gasteiger partial charge in [-0.2, -0.15) is 0 Å². The fourth-order valence-corrected chi connectivity index (χ4v) is 2.73. The van der Waals surface area contributed by atoms with Crippen molar-refractivity contribution in [1.82, 2.24) is 0 Å². The van der Waals surface area contributed by atoms with E-state index in [4.69, 9.17) is 15.2 Å². The highest BCUT2D eigenvalue weighted by Gasteiger charge is 2.34. The Morgan fingerprint density at radius 3 is 2.88 bits per heavy atom. The first-order valence-corrected chi connectivity index (χ1v) is 6.56. The second-order valence-electron chi connectivity index (χ2n) is 6.08. The molecule has 16 heavy (non-hydrogen) atoms. The van der Waals surface area contributed by atoms with Crippen LogP contribution in [0, 0.1) is 5.41 Å². The fraction of sp³-hybridized carbons (Fsp3) is 1.00. The minimum absolute atomic E-state index is 0.217. The van der Waals surface area contributed by atoms with Gasteiger partial charge in [0.15, 0.2) is 0 Å². The second kappa shape index (κ2) is 5.03. The molecule has 1 aliphatic carbocycles. The summed E-state index contributed by atoms with van der Waals surface area (Å²) in [7, 11) is 0. The van der Waals surface area contributed by atoms with Gasteiger partial charge in [0.1, 0.15) is 0 Å².